The molecule has 45 heavy (non-hydrogen) atoms. The molecule has 3 fully saturated rings. The summed E-state index contributed by atoms with van der Waals surface area (Å²) in [6.07, 6.45) is 0.480. The van der Waals surface area contributed by atoms with Gasteiger partial charge in [0.2, 0.25) is 17.6 Å². The van der Waals surface area contributed by atoms with Crippen molar-refractivity contribution >= 4 is 58.5 Å². The summed E-state index contributed by atoms with van der Waals surface area (Å²) in [5.74, 6) is -23.7. The van der Waals surface area contributed by atoms with Crippen LogP contribution in [0.2, 0.25) is 0 Å². The van der Waals surface area contributed by atoms with Crippen molar-refractivity contribution in [2.75, 3.05) is 12.0 Å². The number of likely N-dealkylation sites (tertiary alicyclic amines) is 1. The highest BCUT2D eigenvalue weighted by atomic mass is 35.5. The van der Waals surface area contributed by atoms with Crippen LogP contribution in [-0.2, 0) is 19.2 Å². The number of nitrogens with two attached hydrogens (primary N) is 1. The zero-order valence-electron chi connectivity index (χ0n) is 22.5. The number of methoxy groups -OCH3 is 1. The standard InChI is InChI=1S/C28H18Cl2F5N3O7/c1-45-13-5-2-8(6-12(13)39)15-9-3-4-10-14(23(41)38(22(10)40)26(36)44)11(9)7-27(29)24(42)37(25(43)28(15,27)30)21-19(34)17(32)16(31)18(33)20(21)35/h2-3,5-6,10-11,14-15,39H,4,7H2,1H3,(H2,36,44). The molecule has 2 aliphatic carbocycles. The number of phenolic OH excluding ortho intramolecular Hbond substituents is 1. The van der Waals surface area contributed by atoms with E-state index in [1.165, 1.54) is 25.3 Å². The summed E-state index contributed by atoms with van der Waals surface area (Å²) < 4.78 is 77.5. The molecule has 6 amide bonds. The van der Waals surface area contributed by atoms with Crippen molar-refractivity contribution in [2.45, 2.75) is 28.5 Å². The van der Waals surface area contributed by atoms with E-state index in [9.17, 15) is 42.3 Å². The second-order valence-electron chi connectivity index (χ2n) is 11.0. The maximum absolute atomic E-state index is 15.0. The van der Waals surface area contributed by atoms with Gasteiger partial charge in [0, 0.05) is 5.92 Å². The van der Waals surface area contributed by atoms with Crippen LogP contribution >= 0.6 is 23.2 Å². The summed E-state index contributed by atoms with van der Waals surface area (Å²) in [5.41, 5.74) is 3.43. The first-order chi connectivity index (χ1) is 21.0. The van der Waals surface area contributed by atoms with E-state index >= 15 is 8.78 Å². The Morgan fingerprint density at radius 2 is 1.56 bits per heavy atom. The fraction of sp³-hybridized carbons (Fsp3) is 0.321. The van der Waals surface area contributed by atoms with E-state index < -0.39 is 110 Å². The van der Waals surface area contributed by atoms with E-state index in [0.717, 1.165) is 6.07 Å². The van der Waals surface area contributed by atoms with Gasteiger partial charge in [-0.25, -0.2) is 31.6 Å². The van der Waals surface area contributed by atoms with Gasteiger partial charge in [0.05, 0.1) is 18.9 Å². The molecule has 2 saturated heterocycles. The van der Waals surface area contributed by atoms with Gasteiger partial charge < -0.3 is 15.6 Å². The first-order valence-corrected chi connectivity index (χ1v) is 13.8. The zero-order valence-corrected chi connectivity index (χ0v) is 24.1. The quantitative estimate of drug-likeness (QED) is 0.126. The summed E-state index contributed by atoms with van der Waals surface area (Å²) in [7, 11) is 1.23. The van der Waals surface area contributed by atoms with Crippen LogP contribution in [0.15, 0.2) is 29.8 Å². The number of halogens is 7. The summed E-state index contributed by atoms with van der Waals surface area (Å²) in [5, 5.41) is 10.6. The molecule has 10 nitrogen and oxygen atoms in total. The molecular formula is C28H18Cl2F5N3O7. The van der Waals surface area contributed by atoms with Crippen LogP contribution in [0, 0.1) is 46.8 Å². The van der Waals surface area contributed by atoms with Gasteiger partial charge in [-0.1, -0.05) is 17.7 Å². The number of allylic oxidation sites excluding steroid dienone is 2. The average molecular weight is 674 g/mol. The fourth-order valence-corrected chi connectivity index (χ4v) is 7.98. The first-order valence-electron chi connectivity index (χ1n) is 13.1. The molecule has 6 atom stereocenters. The van der Waals surface area contributed by atoms with Gasteiger partial charge in [-0.3, -0.25) is 19.2 Å². The molecule has 4 aliphatic rings. The molecule has 236 valence electrons. The highest BCUT2D eigenvalue weighted by molar-refractivity contribution is 6.58. The molecule has 6 rings (SSSR count). The van der Waals surface area contributed by atoms with Gasteiger partial charge in [-0.05, 0) is 36.5 Å². The van der Waals surface area contributed by atoms with E-state index in [0.29, 0.717) is 0 Å². The Morgan fingerprint density at radius 3 is 2.11 bits per heavy atom. The topological polar surface area (TPSA) is 147 Å². The van der Waals surface area contributed by atoms with E-state index in [-0.39, 0.29) is 33.1 Å². The Hall–Kier alpha value is -4.24. The zero-order chi connectivity index (χ0) is 33.1. The van der Waals surface area contributed by atoms with Crippen molar-refractivity contribution in [1.29, 1.82) is 0 Å². The summed E-state index contributed by atoms with van der Waals surface area (Å²) in [6, 6.07) is 2.26. The number of rotatable bonds is 3. The maximum atomic E-state index is 15.0. The predicted molar refractivity (Wildman–Crippen MR) is 143 cm³/mol. The molecular weight excluding hydrogens is 656 g/mol. The van der Waals surface area contributed by atoms with Crippen molar-refractivity contribution in [1.82, 2.24) is 4.90 Å². The molecule has 6 unspecified atom stereocenters. The molecule has 0 aromatic heterocycles. The number of imide groups is 4. The molecule has 0 bridgehead atoms. The van der Waals surface area contributed by atoms with E-state index in [2.05, 4.69) is 0 Å². The van der Waals surface area contributed by atoms with Gasteiger partial charge in [-0.2, -0.15) is 4.90 Å². The third-order valence-electron chi connectivity index (χ3n) is 8.98. The number of carbonyl (C=O) groups is 5. The SMILES string of the molecule is COc1ccc(C2C3=CCC4C(=O)N(C(N)=O)C(=O)C4C3CC3(Cl)C(=O)N(c4c(F)c(F)c(F)c(F)c4F)C(=O)C23Cl)cc1O. The third-order valence-corrected chi connectivity index (χ3v) is 10.4. The van der Waals surface area contributed by atoms with Crippen molar-refractivity contribution < 1.29 is 55.8 Å². The number of carbonyl (C=O) groups excluding carboxylic acids is 5. The Morgan fingerprint density at radius 1 is 0.956 bits per heavy atom. The van der Waals surface area contributed by atoms with Crippen LogP contribution in [0.3, 0.4) is 0 Å². The second-order valence-corrected chi connectivity index (χ2v) is 12.2. The number of phenols is 1. The molecule has 2 aromatic carbocycles. The second kappa shape index (κ2) is 9.88. The minimum Gasteiger partial charge on any atom is -0.504 e. The lowest BCUT2D eigenvalue weighted by Crippen LogP contribution is -2.60. The van der Waals surface area contributed by atoms with Crippen LogP contribution < -0.4 is 15.4 Å². The Kier molecular flexibility index (Phi) is 6.76. The highest BCUT2D eigenvalue weighted by Gasteiger charge is 2.77. The fourth-order valence-electron chi connectivity index (χ4n) is 7.04. The molecule has 0 radical (unpaired) electrons. The number of benzene rings is 2. The smallest absolute Gasteiger partial charge is 0.328 e. The van der Waals surface area contributed by atoms with Crippen LogP contribution in [0.5, 0.6) is 11.5 Å². The molecule has 3 N–H and O–H groups in total. The number of ether oxygens (including phenoxy) is 1. The summed E-state index contributed by atoms with van der Waals surface area (Å²) >= 11 is 13.9. The molecule has 1 saturated carbocycles. The Balaban J connectivity index is 1.61. The van der Waals surface area contributed by atoms with Crippen molar-refractivity contribution in [3.8, 4) is 11.5 Å². The van der Waals surface area contributed by atoms with Crippen molar-refractivity contribution in [3.63, 3.8) is 0 Å². The number of amides is 6. The molecule has 0 spiro atoms. The number of urea groups is 1. The van der Waals surface area contributed by atoms with Crippen LogP contribution in [0.4, 0.5) is 32.4 Å². The molecule has 2 heterocycles. The minimum atomic E-state index is -2.77. The van der Waals surface area contributed by atoms with Crippen LogP contribution in [0.25, 0.3) is 0 Å². The summed E-state index contributed by atoms with van der Waals surface area (Å²) in [4.78, 5) is 60.9. The number of nitrogens with zero attached hydrogens (tertiary/aromatic N) is 2. The van der Waals surface area contributed by atoms with Gasteiger partial charge >= 0.3 is 6.03 Å². The number of primary amides is 1. The van der Waals surface area contributed by atoms with Gasteiger partial charge in [-0.15, -0.1) is 23.2 Å². The number of alkyl halides is 2. The predicted octanol–water partition coefficient (Wildman–Crippen LogP) is 3.74. The Labute approximate surface area is 259 Å². The largest absolute Gasteiger partial charge is 0.504 e. The number of anilines is 1. The molecule has 2 aromatic rings. The third kappa shape index (κ3) is 3.70. The van der Waals surface area contributed by atoms with E-state index in [1.54, 1.807) is 0 Å². The van der Waals surface area contributed by atoms with Gasteiger partial charge in [0.1, 0.15) is 5.69 Å². The van der Waals surface area contributed by atoms with Crippen molar-refractivity contribution in [3.05, 3.63) is 64.5 Å². The lowest BCUT2D eigenvalue weighted by Gasteiger charge is -2.50. The lowest BCUT2D eigenvalue weighted by atomic mass is 9.56. The number of hydrogen-bond donors (Lipinski definition) is 2. The average Bonchev–Trinajstić information content (AvgIpc) is 3.33. The van der Waals surface area contributed by atoms with Gasteiger partial charge in [0.25, 0.3) is 11.8 Å². The van der Waals surface area contributed by atoms with Crippen LogP contribution in [-0.4, -0.2) is 56.5 Å². The van der Waals surface area contributed by atoms with Crippen molar-refractivity contribution in [2.24, 2.45) is 23.5 Å². The van der Waals surface area contributed by atoms with E-state index in [1.807, 2.05) is 0 Å². The maximum Gasteiger partial charge on any atom is 0.328 e. The number of hydrogen-bond acceptors (Lipinski definition) is 7. The molecule has 2 aliphatic heterocycles. The lowest BCUT2D eigenvalue weighted by molar-refractivity contribution is -0.136. The van der Waals surface area contributed by atoms with Gasteiger partial charge in [0.15, 0.2) is 44.5 Å². The Bertz CT molecular complexity index is 1800. The molecule has 17 heteroatoms. The van der Waals surface area contributed by atoms with Crippen LogP contribution in [0.1, 0.15) is 24.3 Å². The number of aromatic hydroxyl groups is 1. The minimum absolute atomic E-state index is 0.0355. The highest BCUT2D eigenvalue weighted by Crippen LogP contribution is 2.66. The normalized spacial score (nSPS) is 30.7. The summed E-state index contributed by atoms with van der Waals surface area (Å²) in [6.45, 7) is 0. The monoisotopic (exact) mass is 673 g/mol. The first kappa shape index (κ1) is 30.8. The van der Waals surface area contributed by atoms with E-state index in [4.69, 9.17) is 33.7 Å². The number of fused-ring (bicyclic) bond motifs is 4.